The molecule has 1 fully saturated rings. The molecular formula is C8H12N4. The summed E-state index contributed by atoms with van der Waals surface area (Å²) in [5.41, 5.74) is 2.34. The molecule has 2 bridgehead atoms. The summed E-state index contributed by atoms with van der Waals surface area (Å²) >= 11 is 0. The predicted molar refractivity (Wildman–Crippen MR) is 43.6 cm³/mol. The van der Waals surface area contributed by atoms with Gasteiger partial charge in [0.25, 0.3) is 0 Å². The lowest BCUT2D eigenvalue weighted by Gasteiger charge is -2.34. The summed E-state index contributed by atoms with van der Waals surface area (Å²) in [6.45, 7) is 0. The third-order valence-electron chi connectivity index (χ3n) is 2.90. The first-order chi connectivity index (χ1) is 5.93. The van der Waals surface area contributed by atoms with E-state index in [1.165, 1.54) is 25.0 Å². The summed E-state index contributed by atoms with van der Waals surface area (Å²) in [6, 6.07) is 1.13. The van der Waals surface area contributed by atoms with Gasteiger partial charge in [-0.25, -0.2) is 0 Å². The Kier molecular flexibility index (Phi) is 1.26. The zero-order valence-electron chi connectivity index (χ0n) is 6.88. The molecule has 4 heteroatoms. The van der Waals surface area contributed by atoms with E-state index in [4.69, 9.17) is 0 Å². The van der Waals surface area contributed by atoms with Crippen LogP contribution in [0.4, 0.5) is 0 Å². The molecule has 12 heavy (non-hydrogen) atoms. The summed E-state index contributed by atoms with van der Waals surface area (Å²) in [6.07, 6.45) is 4.90. The SMILES string of the molecule is C1CC2Cc3n[nH]nc3C(C1)N2. The zero-order chi connectivity index (χ0) is 7.97. The normalized spacial score (nSPS) is 33.0. The van der Waals surface area contributed by atoms with Crippen LogP contribution in [0.2, 0.25) is 0 Å². The van der Waals surface area contributed by atoms with Crippen LogP contribution in [-0.4, -0.2) is 21.5 Å². The van der Waals surface area contributed by atoms with Gasteiger partial charge in [0.15, 0.2) is 0 Å². The van der Waals surface area contributed by atoms with Crippen molar-refractivity contribution in [1.29, 1.82) is 0 Å². The average molecular weight is 164 g/mol. The van der Waals surface area contributed by atoms with Crippen molar-refractivity contribution in [3.05, 3.63) is 11.4 Å². The minimum Gasteiger partial charge on any atom is -0.305 e. The second kappa shape index (κ2) is 2.29. The molecule has 64 valence electrons. The number of fused-ring (bicyclic) bond motifs is 4. The van der Waals surface area contributed by atoms with Crippen molar-refractivity contribution in [2.75, 3.05) is 0 Å². The number of nitrogens with zero attached hydrogens (tertiary/aromatic N) is 2. The molecule has 2 unspecified atom stereocenters. The fourth-order valence-corrected chi connectivity index (χ4v) is 2.32. The molecule has 1 aromatic rings. The van der Waals surface area contributed by atoms with E-state index in [1.54, 1.807) is 0 Å². The van der Waals surface area contributed by atoms with Crippen molar-refractivity contribution in [2.24, 2.45) is 0 Å². The Bertz CT molecular complexity index is 293. The van der Waals surface area contributed by atoms with Gasteiger partial charge in [-0.15, -0.1) is 0 Å². The number of H-pyrrole nitrogens is 1. The first-order valence-electron chi connectivity index (χ1n) is 4.59. The van der Waals surface area contributed by atoms with Gasteiger partial charge in [0.2, 0.25) is 0 Å². The molecule has 0 amide bonds. The van der Waals surface area contributed by atoms with Gasteiger partial charge in [0, 0.05) is 12.5 Å². The number of aromatic amines is 1. The van der Waals surface area contributed by atoms with E-state index in [9.17, 15) is 0 Å². The highest BCUT2D eigenvalue weighted by Gasteiger charge is 2.32. The van der Waals surface area contributed by atoms with Crippen molar-refractivity contribution >= 4 is 0 Å². The first kappa shape index (κ1) is 6.60. The van der Waals surface area contributed by atoms with Gasteiger partial charge in [0.1, 0.15) is 5.69 Å². The third kappa shape index (κ3) is 0.813. The number of hydrogen-bond donors (Lipinski definition) is 2. The molecule has 2 aliphatic rings. The number of rotatable bonds is 0. The highest BCUT2D eigenvalue weighted by atomic mass is 15.3. The molecule has 0 aliphatic carbocycles. The number of piperidine rings is 1. The summed E-state index contributed by atoms with van der Waals surface area (Å²) < 4.78 is 0. The minimum atomic E-state index is 0.478. The molecule has 1 aromatic heterocycles. The highest BCUT2D eigenvalue weighted by Crippen LogP contribution is 2.31. The van der Waals surface area contributed by atoms with E-state index in [2.05, 4.69) is 20.7 Å². The van der Waals surface area contributed by atoms with Gasteiger partial charge < -0.3 is 5.32 Å². The number of hydrogen-bond acceptors (Lipinski definition) is 3. The van der Waals surface area contributed by atoms with Crippen molar-refractivity contribution in [2.45, 2.75) is 37.8 Å². The molecule has 0 saturated carbocycles. The van der Waals surface area contributed by atoms with Crippen LogP contribution in [0.25, 0.3) is 0 Å². The van der Waals surface area contributed by atoms with Gasteiger partial charge in [-0.05, 0) is 19.3 Å². The Balaban J connectivity index is 2.04. The molecule has 2 aliphatic heterocycles. The Labute approximate surface area is 70.7 Å². The smallest absolute Gasteiger partial charge is 0.103 e. The van der Waals surface area contributed by atoms with Gasteiger partial charge in [-0.3, -0.25) is 0 Å². The molecule has 3 heterocycles. The van der Waals surface area contributed by atoms with Crippen LogP contribution in [0.5, 0.6) is 0 Å². The Morgan fingerprint density at radius 2 is 2.25 bits per heavy atom. The van der Waals surface area contributed by atoms with Gasteiger partial charge in [-0.2, -0.15) is 15.4 Å². The molecule has 4 nitrogen and oxygen atoms in total. The van der Waals surface area contributed by atoms with Gasteiger partial charge in [-0.1, -0.05) is 0 Å². The van der Waals surface area contributed by atoms with Gasteiger partial charge >= 0.3 is 0 Å². The number of aromatic nitrogens is 3. The monoisotopic (exact) mass is 164 g/mol. The van der Waals surface area contributed by atoms with E-state index in [-0.39, 0.29) is 0 Å². The molecule has 2 atom stereocenters. The molecule has 2 N–H and O–H groups in total. The quantitative estimate of drug-likeness (QED) is 0.588. The van der Waals surface area contributed by atoms with E-state index < -0.39 is 0 Å². The fraction of sp³-hybridized carbons (Fsp3) is 0.750. The Hall–Kier alpha value is -0.900. The largest absolute Gasteiger partial charge is 0.305 e. The van der Waals surface area contributed by atoms with Crippen molar-refractivity contribution in [1.82, 2.24) is 20.7 Å². The fourth-order valence-electron chi connectivity index (χ4n) is 2.32. The topological polar surface area (TPSA) is 53.6 Å². The first-order valence-corrected chi connectivity index (χ1v) is 4.59. The Morgan fingerprint density at radius 3 is 3.25 bits per heavy atom. The maximum atomic E-state index is 4.18. The minimum absolute atomic E-state index is 0.478. The van der Waals surface area contributed by atoms with Crippen LogP contribution in [0, 0.1) is 0 Å². The molecule has 0 spiro atoms. The standard InChI is InChI=1S/C8H12N4/c1-2-5-4-7-8(11-12-10-7)6(3-1)9-5/h5-6,9H,1-4H2,(H,10,11,12). The van der Waals surface area contributed by atoms with E-state index in [0.717, 1.165) is 12.1 Å². The van der Waals surface area contributed by atoms with Crippen LogP contribution in [0.1, 0.15) is 36.7 Å². The molecule has 0 aromatic carbocycles. The predicted octanol–water partition coefficient (Wildman–Crippen LogP) is 0.544. The van der Waals surface area contributed by atoms with Crippen LogP contribution < -0.4 is 5.32 Å². The average Bonchev–Trinajstić information content (AvgIpc) is 2.53. The van der Waals surface area contributed by atoms with Crippen LogP contribution in [-0.2, 0) is 6.42 Å². The molecular weight excluding hydrogens is 152 g/mol. The van der Waals surface area contributed by atoms with Gasteiger partial charge in [0.05, 0.1) is 11.7 Å². The van der Waals surface area contributed by atoms with Crippen molar-refractivity contribution in [3.8, 4) is 0 Å². The molecule has 1 saturated heterocycles. The third-order valence-corrected chi connectivity index (χ3v) is 2.90. The maximum Gasteiger partial charge on any atom is 0.103 e. The van der Waals surface area contributed by atoms with E-state index in [0.29, 0.717) is 12.1 Å². The number of nitrogens with one attached hydrogen (secondary N) is 2. The summed E-state index contributed by atoms with van der Waals surface area (Å²) in [5, 5.41) is 14.6. The second-order valence-electron chi connectivity index (χ2n) is 3.71. The second-order valence-corrected chi connectivity index (χ2v) is 3.71. The van der Waals surface area contributed by atoms with Crippen LogP contribution in [0.15, 0.2) is 0 Å². The molecule has 3 rings (SSSR count). The summed E-state index contributed by atoms with van der Waals surface area (Å²) in [5.74, 6) is 0. The summed E-state index contributed by atoms with van der Waals surface area (Å²) in [7, 11) is 0. The summed E-state index contributed by atoms with van der Waals surface area (Å²) in [4.78, 5) is 0. The Morgan fingerprint density at radius 1 is 1.25 bits per heavy atom. The van der Waals surface area contributed by atoms with Crippen LogP contribution in [0.3, 0.4) is 0 Å². The van der Waals surface area contributed by atoms with Crippen LogP contribution >= 0.6 is 0 Å². The lowest BCUT2D eigenvalue weighted by molar-refractivity contribution is 0.296. The lowest BCUT2D eigenvalue weighted by Crippen LogP contribution is -2.42. The maximum absolute atomic E-state index is 4.18. The highest BCUT2D eigenvalue weighted by molar-refractivity contribution is 5.20. The van der Waals surface area contributed by atoms with Crippen molar-refractivity contribution in [3.63, 3.8) is 0 Å². The van der Waals surface area contributed by atoms with Crippen molar-refractivity contribution < 1.29 is 0 Å². The van der Waals surface area contributed by atoms with E-state index >= 15 is 0 Å². The lowest BCUT2D eigenvalue weighted by atomic mass is 9.88. The molecule has 0 radical (unpaired) electrons. The zero-order valence-corrected chi connectivity index (χ0v) is 6.88. The van der Waals surface area contributed by atoms with E-state index in [1.807, 2.05) is 0 Å².